The second-order valence-corrected chi connectivity index (χ2v) is 10.2. The van der Waals surface area contributed by atoms with Crippen LogP contribution in [0.4, 0.5) is 11.4 Å². The van der Waals surface area contributed by atoms with Gasteiger partial charge in [0.05, 0.1) is 10.6 Å². The predicted octanol–water partition coefficient (Wildman–Crippen LogP) is 3.49. The molecular formula is C19H27N3O4S2. The van der Waals surface area contributed by atoms with E-state index in [-0.39, 0.29) is 10.6 Å². The summed E-state index contributed by atoms with van der Waals surface area (Å²) in [5.41, 5.74) is 2.23. The van der Waals surface area contributed by atoms with Crippen molar-refractivity contribution in [2.75, 3.05) is 23.0 Å². The number of rotatable bonds is 9. The van der Waals surface area contributed by atoms with Crippen molar-refractivity contribution in [1.82, 2.24) is 4.31 Å². The Kier molecular flexibility index (Phi) is 7.08. The molecule has 0 fully saturated rings. The zero-order valence-electron chi connectivity index (χ0n) is 16.6. The maximum Gasteiger partial charge on any atom is 0.301 e. The SMILES string of the molecule is CCCCN(C)S(=O)(=O)Nc1cc(S(=O)(=O)Nc2cccc(C)c2)ccc1C. The van der Waals surface area contributed by atoms with Gasteiger partial charge >= 0.3 is 10.2 Å². The van der Waals surface area contributed by atoms with Gasteiger partial charge in [-0.1, -0.05) is 31.5 Å². The van der Waals surface area contributed by atoms with E-state index in [4.69, 9.17) is 0 Å². The van der Waals surface area contributed by atoms with E-state index in [0.29, 0.717) is 17.8 Å². The smallest absolute Gasteiger partial charge is 0.280 e. The van der Waals surface area contributed by atoms with Crippen molar-refractivity contribution in [3.63, 3.8) is 0 Å². The first-order valence-electron chi connectivity index (χ1n) is 8.99. The highest BCUT2D eigenvalue weighted by molar-refractivity contribution is 7.92. The van der Waals surface area contributed by atoms with Crippen LogP contribution in [-0.2, 0) is 20.2 Å². The van der Waals surface area contributed by atoms with E-state index in [9.17, 15) is 16.8 Å². The predicted molar refractivity (Wildman–Crippen MR) is 113 cm³/mol. The number of anilines is 2. The van der Waals surface area contributed by atoms with E-state index >= 15 is 0 Å². The molecule has 0 aliphatic heterocycles. The van der Waals surface area contributed by atoms with Crippen LogP contribution in [0.1, 0.15) is 30.9 Å². The Bertz CT molecular complexity index is 1030. The Labute approximate surface area is 168 Å². The summed E-state index contributed by atoms with van der Waals surface area (Å²) >= 11 is 0. The van der Waals surface area contributed by atoms with Crippen molar-refractivity contribution < 1.29 is 16.8 Å². The third kappa shape index (κ3) is 5.70. The van der Waals surface area contributed by atoms with Crippen LogP contribution in [0, 0.1) is 13.8 Å². The van der Waals surface area contributed by atoms with E-state index in [2.05, 4.69) is 9.44 Å². The lowest BCUT2D eigenvalue weighted by Crippen LogP contribution is -2.33. The van der Waals surface area contributed by atoms with Crippen LogP contribution in [0.3, 0.4) is 0 Å². The standard InChI is InChI=1S/C19H27N3O4S2/c1-5-6-12-22(4)28(25,26)21-19-14-18(11-10-16(19)3)27(23,24)20-17-9-7-8-15(2)13-17/h7-11,13-14,20-21H,5-6,12H2,1-4H3. The Morgan fingerprint density at radius 3 is 2.32 bits per heavy atom. The summed E-state index contributed by atoms with van der Waals surface area (Å²) in [6.45, 7) is 5.95. The normalized spacial score (nSPS) is 12.2. The third-order valence-corrected chi connectivity index (χ3v) is 7.13. The second-order valence-electron chi connectivity index (χ2n) is 6.73. The molecule has 154 valence electrons. The summed E-state index contributed by atoms with van der Waals surface area (Å²) in [7, 11) is -6.13. The number of sulfonamides is 1. The molecule has 0 heterocycles. The topological polar surface area (TPSA) is 95.6 Å². The minimum Gasteiger partial charge on any atom is -0.280 e. The van der Waals surface area contributed by atoms with Gasteiger partial charge in [-0.05, 0) is 55.7 Å². The summed E-state index contributed by atoms with van der Waals surface area (Å²) in [5.74, 6) is 0. The van der Waals surface area contributed by atoms with Gasteiger partial charge in [0.25, 0.3) is 10.0 Å². The van der Waals surface area contributed by atoms with E-state index in [1.807, 2.05) is 19.9 Å². The van der Waals surface area contributed by atoms with Crippen LogP contribution in [0.2, 0.25) is 0 Å². The van der Waals surface area contributed by atoms with Gasteiger partial charge in [0.1, 0.15) is 0 Å². The molecule has 0 saturated carbocycles. The second kappa shape index (κ2) is 8.93. The molecule has 9 heteroatoms. The molecule has 0 unspecified atom stereocenters. The fraction of sp³-hybridized carbons (Fsp3) is 0.368. The lowest BCUT2D eigenvalue weighted by Gasteiger charge is -2.19. The molecule has 2 N–H and O–H groups in total. The molecule has 28 heavy (non-hydrogen) atoms. The average Bonchev–Trinajstić information content (AvgIpc) is 2.60. The van der Waals surface area contributed by atoms with Crippen LogP contribution < -0.4 is 9.44 Å². The van der Waals surface area contributed by atoms with Gasteiger partial charge in [0.2, 0.25) is 0 Å². The number of nitrogens with one attached hydrogen (secondary N) is 2. The number of aryl methyl sites for hydroxylation is 2. The molecule has 0 spiro atoms. The Balaban J connectivity index is 2.29. The van der Waals surface area contributed by atoms with Crippen LogP contribution >= 0.6 is 0 Å². The Hall–Kier alpha value is -2.10. The summed E-state index contributed by atoms with van der Waals surface area (Å²) in [4.78, 5) is -0.0199. The number of nitrogens with zero attached hydrogens (tertiary/aromatic N) is 1. The summed E-state index contributed by atoms with van der Waals surface area (Å²) in [6, 6.07) is 11.4. The molecular weight excluding hydrogens is 398 g/mol. The molecule has 0 radical (unpaired) electrons. The van der Waals surface area contributed by atoms with Gasteiger partial charge in [-0.3, -0.25) is 9.44 Å². The molecule has 0 atom stereocenters. The highest BCUT2D eigenvalue weighted by atomic mass is 32.2. The summed E-state index contributed by atoms with van der Waals surface area (Å²) in [6.07, 6.45) is 1.61. The molecule has 2 aromatic carbocycles. The minimum atomic E-state index is -3.86. The van der Waals surface area contributed by atoms with Crippen molar-refractivity contribution in [1.29, 1.82) is 0 Å². The van der Waals surface area contributed by atoms with Gasteiger partial charge in [0, 0.05) is 19.3 Å². The maximum absolute atomic E-state index is 12.7. The van der Waals surface area contributed by atoms with Crippen molar-refractivity contribution in [2.24, 2.45) is 0 Å². The molecule has 0 bridgehead atoms. The lowest BCUT2D eigenvalue weighted by molar-refractivity contribution is 0.463. The first kappa shape index (κ1) is 22.2. The van der Waals surface area contributed by atoms with E-state index in [1.54, 1.807) is 31.2 Å². The third-order valence-electron chi connectivity index (χ3n) is 4.27. The minimum absolute atomic E-state index is 0.0199. The fourth-order valence-electron chi connectivity index (χ4n) is 2.52. The molecule has 2 rings (SSSR count). The fourth-order valence-corrected chi connectivity index (χ4v) is 4.62. The lowest BCUT2D eigenvalue weighted by atomic mass is 10.2. The molecule has 7 nitrogen and oxygen atoms in total. The van der Waals surface area contributed by atoms with Gasteiger partial charge in [-0.25, -0.2) is 8.42 Å². The van der Waals surface area contributed by atoms with Gasteiger partial charge < -0.3 is 0 Å². The molecule has 0 amide bonds. The summed E-state index contributed by atoms with van der Waals surface area (Å²) < 4.78 is 56.7. The van der Waals surface area contributed by atoms with Crippen molar-refractivity contribution in [2.45, 2.75) is 38.5 Å². The quantitative estimate of drug-likeness (QED) is 0.643. The molecule has 2 aromatic rings. The van der Waals surface area contributed by atoms with Crippen LogP contribution in [0.25, 0.3) is 0 Å². The van der Waals surface area contributed by atoms with Crippen LogP contribution in [0.5, 0.6) is 0 Å². The largest absolute Gasteiger partial charge is 0.301 e. The van der Waals surface area contributed by atoms with E-state index < -0.39 is 20.2 Å². The average molecular weight is 426 g/mol. The van der Waals surface area contributed by atoms with Gasteiger partial charge in [-0.15, -0.1) is 0 Å². The highest BCUT2D eigenvalue weighted by Crippen LogP contribution is 2.24. The Morgan fingerprint density at radius 2 is 1.68 bits per heavy atom. The first-order valence-corrected chi connectivity index (χ1v) is 11.9. The van der Waals surface area contributed by atoms with Crippen molar-refractivity contribution >= 4 is 31.6 Å². The van der Waals surface area contributed by atoms with Crippen molar-refractivity contribution in [3.05, 3.63) is 53.6 Å². The number of hydrogen-bond acceptors (Lipinski definition) is 4. The maximum atomic E-state index is 12.7. The number of hydrogen-bond donors (Lipinski definition) is 2. The molecule has 0 aromatic heterocycles. The van der Waals surface area contributed by atoms with Crippen LogP contribution in [0.15, 0.2) is 47.4 Å². The Morgan fingerprint density at radius 1 is 0.964 bits per heavy atom. The zero-order chi connectivity index (χ0) is 20.9. The van der Waals surface area contributed by atoms with Crippen LogP contribution in [-0.4, -0.2) is 34.7 Å². The van der Waals surface area contributed by atoms with Crippen molar-refractivity contribution in [3.8, 4) is 0 Å². The monoisotopic (exact) mass is 425 g/mol. The summed E-state index contributed by atoms with van der Waals surface area (Å²) in [5, 5.41) is 0. The molecule has 0 aliphatic rings. The van der Waals surface area contributed by atoms with E-state index in [1.165, 1.54) is 23.5 Å². The zero-order valence-corrected chi connectivity index (χ0v) is 18.2. The highest BCUT2D eigenvalue weighted by Gasteiger charge is 2.21. The van der Waals surface area contributed by atoms with Gasteiger partial charge in [-0.2, -0.15) is 12.7 Å². The first-order chi connectivity index (χ1) is 13.0. The van der Waals surface area contributed by atoms with E-state index in [0.717, 1.165) is 18.4 Å². The number of unbranched alkanes of at least 4 members (excludes halogenated alkanes) is 1. The van der Waals surface area contributed by atoms with Gasteiger partial charge in [0.15, 0.2) is 0 Å². The molecule has 0 saturated heterocycles. The molecule has 0 aliphatic carbocycles. The number of benzene rings is 2.